The molecule has 0 aliphatic carbocycles. The van der Waals surface area contributed by atoms with Gasteiger partial charge in [-0.05, 0) is 25.8 Å². The van der Waals surface area contributed by atoms with E-state index in [4.69, 9.17) is 32.8 Å². The van der Waals surface area contributed by atoms with Gasteiger partial charge in [-0.25, -0.2) is 15.0 Å². The van der Waals surface area contributed by atoms with E-state index in [1.165, 1.54) is 11.8 Å². The molecule has 5 heterocycles. The lowest BCUT2D eigenvalue weighted by atomic mass is 9.73. The first-order chi connectivity index (χ1) is 14.5. The largest absolute Gasteiger partial charge is 0.382 e. The molecule has 0 bridgehead atoms. The third-order valence-corrected chi connectivity index (χ3v) is 7.94. The van der Waals surface area contributed by atoms with Gasteiger partial charge in [0, 0.05) is 48.0 Å². The molecule has 2 saturated heterocycles. The predicted octanol–water partition coefficient (Wildman–Crippen LogP) is 2.84. The number of pyridine rings is 1. The van der Waals surface area contributed by atoms with Gasteiger partial charge in [0.1, 0.15) is 16.7 Å². The molecule has 8 nitrogen and oxygen atoms in total. The van der Waals surface area contributed by atoms with Crippen molar-refractivity contribution >= 4 is 40.6 Å². The molecular weight excluding hydrogens is 422 g/mol. The fraction of sp³-hybridized carbons (Fsp3) is 0.450. The van der Waals surface area contributed by atoms with E-state index in [0.29, 0.717) is 10.8 Å². The number of nitrogen functional groups attached to an aromatic ring is 1. The fourth-order valence-electron chi connectivity index (χ4n) is 4.47. The van der Waals surface area contributed by atoms with Crippen molar-refractivity contribution in [1.29, 1.82) is 0 Å². The SMILES string of the molecule is C[C@@H]1OCC2(CCN(c3cnc(Sc4ccnc(N)c4Cl)c4nccn34)CC2)[C@@H]1N. The number of hydrogen-bond donors (Lipinski definition) is 2. The van der Waals surface area contributed by atoms with Gasteiger partial charge in [0.2, 0.25) is 0 Å². The highest BCUT2D eigenvalue weighted by atomic mass is 35.5. The molecule has 5 rings (SSSR count). The number of hydrogen-bond acceptors (Lipinski definition) is 8. The first kappa shape index (κ1) is 19.9. The van der Waals surface area contributed by atoms with Crippen LogP contribution in [0.1, 0.15) is 19.8 Å². The topological polar surface area (TPSA) is 108 Å². The number of imidazole rings is 1. The summed E-state index contributed by atoms with van der Waals surface area (Å²) in [6, 6.07) is 1.93. The van der Waals surface area contributed by atoms with Gasteiger partial charge < -0.3 is 21.1 Å². The van der Waals surface area contributed by atoms with Crippen LogP contribution in [0.15, 0.2) is 40.8 Å². The highest BCUT2D eigenvalue weighted by molar-refractivity contribution is 7.99. The number of ether oxygens (including phenoxy) is 1. The second kappa shape index (κ2) is 7.56. The van der Waals surface area contributed by atoms with Gasteiger partial charge in [-0.3, -0.25) is 4.40 Å². The van der Waals surface area contributed by atoms with Crippen LogP contribution in [0.2, 0.25) is 5.02 Å². The maximum Gasteiger partial charge on any atom is 0.171 e. The van der Waals surface area contributed by atoms with Crippen molar-refractivity contribution in [3.05, 3.63) is 35.9 Å². The molecule has 1 spiro atoms. The monoisotopic (exact) mass is 445 g/mol. The molecule has 0 radical (unpaired) electrons. The molecule has 158 valence electrons. The number of nitrogens with zero attached hydrogens (tertiary/aromatic N) is 5. The van der Waals surface area contributed by atoms with Crippen molar-refractivity contribution in [1.82, 2.24) is 19.4 Å². The summed E-state index contributed by atoms with van der Waals surface area (Å²) in [5.74, 6) is 1.34. The molecule has 2 fully saturated rings. The molecule has 0 unspecified atom stereocenters. The summed E-state index contributed by atoms with van der Waals surface area (Å²) >= 11 is 7.75. The Morgan fingerprint density at radius 1 is 1.23 bits per heavy atom. The van der Waals surface area contributed by atoms with Crippen molar-refractivity contribution in [2.24, 2.45) is 11.1 Å². The summed E-state index contributed by atoms with van der Waals surface area (Å²) < 4.78 is 7.93. The van der Waals surface area contributed by atoms with E-state index in [0.717, 1.165) is 53.9 Å². The van der Waals surface area contributed by atoms with E-state index < -0.39 is 0 Å². The lowest BCUT2D eigenvalue weighted by Crippen LogP contribution is -2.50. The molecule has 30 heavy (non-hydrogen) atoms. The number of nitrogens with two attached hydrogens (primary N) is 2. The molecule has 0 saturated carbocycles. The average molecular weight is 446 g/mol. The second-order valence-corrected chi connectivity index (χ2v) is 9.45. The zero-order chi connectivity index (χ0) is 20.9. The fourth-order valence-corrected chi connectivity index (χ4v) is 5.57. The Morgan fingerprint density at radius 2 is 2.03 bits per heavy atom. The minimum Gasteiger partial charge on any atom is -0.382 e. The number of fused-ring (bicyclic) bond motifs is 1. The summed E-state index contributed by atoms with van der Waals surface area (Å²) in [5.41, 5.74) is 13.2. The molecule has 3 aromatic rings. The van der Waals surface area contributed by atoms with Crippen LogP contribution in [0.25, 0.3) is 5.65 Å². The first-order valence-electron chi connectivity index (χ1n) is 10.0. The van der Waals surface area contributed by atoms with Gasteiger partial charge in [-0.15, -0.1) is 0 Å². The van der Waals surface area contributed by atoms with E-state index in [-0.39, 0.29) is 17.6 Å². The second-order valence-electron chi connectivity index (χ2n) is 8.04. The van der Waals surface area contributed by atoms with Gasteiger partial charge in [0.15, 0.2) is 5.65 Å². The zero-order valence-electron chi connectivity index (χ0n) is 16.7. The normalized spacial score (nSPS) is 23.5. The van der Waals surface area contributed by atoms with E-state index in [9.17, 15) is 0 Å². The highest BCUT2D eigenvalue weighted by Crippen LogP contribution is 2.42. The van der Waals surface area contributed by atoms with E-state index in [1.807, 2.05) is 18.5 Å². The third-order valence-electron chi connectivity index (χ3n) is 6.39. The minimum atomic E-state index is 0.0885. The summed E-state index contributed by atoms with van der Waals surface area (Å²) in [7, 11) is 0. The van der Waals surface area contributed by atoms with Gasteiger partial charge in [-0.2, -0.15) is 0 Å². The van der Waals surface area contributed by atoms with E-state index in [2.05, 4.69) is 26.2 Å². The Bertz CT molecular complexity index is 1080. The van der Waals surface area contributed by atoms with Crippen molar-refractivity contribution in [3.63, 3.8) is 0 Å². The van der Waals surface area contributed by atoms with Crippen LogP contribution in [0.5, 0.6) is 0 Å². The minimum absolute atomic E-state index is 0.0885. The molecule has 0 aromatic carbocycles. The Hall–Kier alpha value is -2.07. The maximum atomic E-state index is 6.46. The van der Waals surface area contributed by atoms with Crippen LogP contribution < -0.4 is 16.4 Å². The van der Waals surface area contributed by atoms with Gasteiger partial charge in [0.05, 0.1) is 23.9 Å². The van der Waals surface area contributed by atoms with Gasteiger partial charge in [-0.1, -0.05) is 23.4 Å². The number of anilines is 2. The summed E-state index contributed by atoms with van der Waals surface area (Å²) in [6.07, 6.45) is 9.46. The molecule has 2 aliphatic heterocycles. The summed E-state index contributed by atoms with van der Waals surface area (Å²) in [5, 5.41) is 1.20. The lowest BCUT2D eigenvalue weighted by Gasteiger charge is -2.42. The molecule has 0 amide bonds. The van der Waals surface area contributed by atoms with Crippen molar-refractivity contribution in [3.8, 4) is 0 Å². The summed E-state index contributed by atoms with van der Waals surface area (Å²) in [4.78, 5) is 16.4. The molecular formula is C20H24ClN7OS. The molecule has 4 N–H and O–H groups in total. The molecule has 10 heteroatoms. The van der Waals surface area contributed by atoms with Crippen LogP contribution >= 0.6 is 23.4 Å². The Labute approximate surface area is 184 Å². The van der Waals surface area contributed by atoms with Gasteiger partial charge in [0.25, 0.3) is 0 Å². The smallest absolute Gasteiger partial charge is 0.171 e. The van der Waals surface area contributed by atoms with Crippen LogP contribution in [0.4, 0.5) is 11.6 Å². The Balaban J connectivity index is 1.40. The number of halogens is 1. The first-order valence-corrected chi connectivity index (χ1v) is 11.2. The zero-order valence-corrected chi connectivity index (χ0v) is 18.2. The molecule has 2 aliphatic rings. The van der Waals surface area contributed by atoms with Crippen molar-refractivity contribution in [2.45, 2.75) is 41.8 Å². The number of piperidine rings is 1. The van der Waals surface area contributed by atoms with Crippen molar-refractivity contribution < 1.29 is 4.74 Å². The number of rotatable bonds is 3. The van der Waals surface area contributed by atoms with Crippen LogP contribution in [0, 0.1) is 5.41 Å². The van der Waals surface area contributed by atoms with Crippen molar-refractivity contribution in [2.75, 3.05) is 30.3 Å². The highest BCUT2D eigenvalue weighted by Gasteiger charge is 2.47. The standard InChI is InChI=1S/C20H24ClN7OS/c1-12-16(22)20(11-29-12)3-7-27(8-4-20)14-10-26-19(18-25-6-9-28(14)18)30-13-2-5-24-17(23)15(13)21/h2,5-6,9-10,12,16H,3-4,7-8,11,22H2,1H3,(H2,23,24)/t12-,16+/m0/s1. The van der Waals surface area contributed by atoms with Crippen LogP contribution in [0.3, 0.4) is 0 Å². The lowest BCUT2D eigenvalue weighted by molar-refractivity contribution is 0.0974. The number of aromatic nitrogens is 4. The predicted molar refractivity (Wildman–Crippen MR) is 118 cm³/mol. The van der Waals surface area contributed by atoms with E-state index >= 15 is 0 Å². The Morgan fingerprint density at radius 3 is 2.77 bits per heavy atom. The molecule has 3 aromatic heterocycles. The van der Waals surface area contributed by atoms with Crippen LogP contribution in [-0.2, 0) is 4.74 Å². The summed E-state index contributed by atoms with van der Waals surface area (Å²) in [6.45, 7) is 4.66. The molecule has 2 atom stereocenters. The quantitative estimate of drug-likeness (QED) is 0.633. The van der Waals surface area contributed by atoms with E-state index in [1.54, 1.807) is 12.4 Å². The maximum absolute atomic E-state index is 6.46. The van der Waals surface area contributed by atoms with Gasteiger partial charge >= 0.3 is 0 Å². The Kier molecular flexibility index (Phi) is 5.01. The van der Waals surface area contributed by atoms with Crippen LogP contribution in [-0.4, -0.2) is 51.2 Å². The average Bonchev–Trinajstić information content (AvgIpc) is 3.35. The third kappa shape index (κ3) is 3.20.